The van der Waals surface area contributed by atoms with E-state index in [9.17, 15) is 0 Å². The molecule has 0 atom stereocenters. The number of hydrogen-bond donors (Lipinski definition) is 3. The molecule has 0 saturated carbocycles. The molecule has 0 aromatic carbocycles. The normalized spacial score (nSPS) is 8.95. The minimum Gasteiger partial charge on any atom is -0.396 e. The number of aliphatic hydroxyl groups excluding tert-OH is 1. The van der Waals surface area contributed by atoms with E-state index in [1.165, 1.54) is 0 Å². The van der Waals surface area contributed by atoms with E-state index in [1.54, 1.807) is 12.4 Å². The number of aliphatic hydroxyl groups is 1. The Labute approximate surface area is 127 Å². The first-order chi connectivity index (χ1) is 10.3. The lowest BCUT2D eigenvalue weighted by molar-refractivity contribution is 0.287. The summed E-state index contributed by atoms with van der Waals surface area (Å²) < 4.78 is 0. The fraction of sp³-hybridized carbons (Fsp3) is 0.375. The fourth-order valence-corrected chi connectivity index (χ4v) is 1.20. The highest BCUT2D eigenvalue weighted by Crippen LogP contribution is 1.89. The molecule has 2 aromatic rings. The maximum Gasteiger partial charge on any atom is 0.0539 e. The monoisotopic (exact) mass is 290 g/mol. The van der Waals surface area contributed by atoms with Gasteiger partial charge in [0.1, 0.15) is 0 Å². The van der Waals surface area contributed by atoms with Crippen molar-refractivity contribution < 1.29 is 5.11 Å². The molecule has 2 aromatic heterocycles. The van der Waals surface area contributed by atoms with E-state index in [0.29, 0.717) is 19.7 Å². The largest absolute Gasteiger partial charge is 0.396 e. The maximum absolute atomic E-state index is 8.07. The molecule has 0 unspecified atom stereocenters. The van der Waals surface area contributed by atoms with E-state index < -0.39 is 0 Å². The second-order valence-corrected chi connectivity index (χ2v) is 4.13. The van der Waals surface area contributed by atoms with Crippen LogP contribution in [0, 0.1) is 0 Å². The SMILES string of the molecule is CCCCO.NCc1ccccn1.NCc1ccccn1. The third-order valence-corrected chi connectivity index (χ3v) is 2.38. The van der Waals surface area contributed by atoms with Gasteiger partial charge in [-0.2, -0.15) is 0 Å². The summed E-state index contributed by atoms with van der Waals surface area (Å²) in [5.74, 6) is 0. The molecule has 0 aliphatic rings. The summed E-state index contributed by atoms with van der Waals surface area (Å²) in [7, 11) is 0. The van der Waals surface area contributed by atoms with E-state index in [2.05, 4.69) is 16.9 Å². The van der Waals surface area contributed by atoms with Crippen LogP contribution in [0.1, 0.15) is 31.2 Å². The predicted octanol–water partition coefficient (Wildman–Crippen LogP) is 1.86. The van der Waals surface area contributed by atoms with E-state index >= 15 is 0 Å². The number of nitrogens with two attached hydrogens (primary N) is 2. The molecule has 5 heteroatoms. The zero-order valence-electron chi connectivity index (χ0n) is 12.7. The zero-order chi connectivity index (χ0) is 15.8. The van der Waals surface area contributed by atoms with Gasteiger partial charge in [-0.25, -0.2) is 0 Å². The molecule has 2 heterocycles. The average molecular weight is 290 g/mol. The second-order valence-electron chi connectivity index (χ2n) is 4.13. The summed E-state index contributed by atoms with van der Waals surface area (Å²) in [4.78, 5) is 7.94. The van der Waals surface area contributed by atoms with Crippen LogP contribution in [0.2, 0.25) is 0 Å². The minimum atomic E-state index is 0.344. The Balaban J connectivity index is 0.000000296. The molecule has 0 aliphatic heterocycles. The standard InChI is InChI=1S/2C6H8N2.C4H10O/c2*7-5-6-3-1-2-4-8-6;1-2-3-4-5/h2*1-4H,5,7H2;5H,2-4H2,1H3. The maximum atomic E-state index is 8.07. The smallest absolute Gasteiger partial charge is 0.0539 e. The number of unbranched alkanes of at least 4 members (excludes halogenated alkanes) is 1. The number of nitrogens with zero attached hydrogens (tertiary/aromatic N) is 2. The van der Waals surface area contributed by atoms with Gasteiger partial charge < -0.3 is 16.6 Å². The Morgan fingerprint density at radius 2 is 1.38 bits per heavy atom. The van der Waals surface area contributed by atoms with Crippen LogP contribution in [0.25, 0.3) is 0 Å². The van der Waals surface area contributed by atoms with Crippen molar-refractivity contribution in [3.63, 3.8) is 0 Å². The quantitative estimate of drug-likeness (QED) is 0.798. The van der Waals surface area contributed by atoms with Crippen molar-refractivity contribution in [3.8, 4) is 0 Å². The lowest BCUT2D eigenvalue weighted by atomic mass is 10.4. The van der Waals surface area contributed by atoms with Gasteiger partial charge in [0.05, 0.1) is 11.4 Å². The van der Waals surface area contributed by atoms with Gasteiger partial charge in [0.25, 0.3) is 0 Å². The number of pyridine rings is 2. The molecule has 0 amide bonds. The van der Waals surface area contributed by atoms with Crippen molar-refractivity contribution in [1.82, 2.24) is 9.97 Å². The van der Waals surface area contributed by atoms with Gasteiger partial charge in [-0.15, -0.1) is 0 Å². The summed E-state index contributed by atoms with van der Waals surface area (Å²) in [5, 5.41) is 8.07. The lowest BCUT2D eigenvalue weighted by Crippen LogP contribution is -1.97. The van der Waals surface area contributed by atoms with Crippen LogP contribution in [0.5, 0.6) is 0 Å². The third kappa shape index (κ3) is 11.7. The van der Waals surface area contributed by atoms with Crippen LogP contribution in [0.3, 0.4) is 0 Å². The minimum absolute atomic E-state index is 0.344. The molecule has 0 saturated heterocycles. The van der Waals surface area contributed by atoms with Crippen molar-refractivity contribution in [2.75, 3.05) is 6.61 Å². The first-order valence-electron chi connectivity index (χ1n) is 7.09. The topological polar surface area (TPSA) is 98.0 Å². The summed E-state index contributed by atoms with van der Waals surface area (Å²) in [6, 6.07) is 11.4. The van der Waals surface area contributed by atoms with Crippen molar-refractivity contribution in [2.45, 2.75) is 32.9 Å². The van der Waals surface area contributed by atoms with Crippen LogP contribution in [-0.4, -0.2) is 21.7 Å². The molecule has 5 nitrogen and oxygen atoms in total. The van der Waals surface area contributed by atoms with Crippen molar-refractivity contribution >= 4 is 0 Å². The summed E-state index contributed by atoms with van der Waals surface area (Å²) in [6.45, 7) is 3.45. The van der Waals surface area contributed by atoms with Gasteiger partial charge in [-0.3, -0.25) is 9.97 Å². The van der Waals surface area contributed by atoms with E-state index in [4.69, 9.17) is 16.6 Å². The highest BCUT2D eigenvalue weighted by Gasteiger charge is 1.82. The van der Waals surface area contributed by atoms with E-state index in [1.807, 2.05) is 36.4 Å². The van der Waals surface area contributed by atoms with Gasteiger partial charge in [0.15, 0.2) is 0 Å². The van der Waals surface area contributed by atoms with Crippen LogP contribution in [-0.2, 0) is 13.1 Å². The Hall–Kier alpha value is -1.82. The molecule has 0 fully saturated rings. The molecule has 0 spiro atoms. The molecule has 21 heavy (non-hydrogen) atoms. The second kappa shape index (κ2) is 14.6. The molecule has 0 aliphatic carbocycles. The van der Waals surface area contributed by atoms with E-state index in [0.717, 1.165) is 24.2 Å². The predicted molar refractivity (Wildman–Crippen MR) is 86.3 cm³/mol. The molecular formula is C16H26N4O. The molecule has 116 valence electrons. The molecular weight excluding hydrogens is 264 g/mol. The van der Waals surface area contributed by atoms with Crippen LogP contribution < -0.4 is 11.5 Å². The number of aromatic nitrogens is 2. The molecule has 0 radical (unpaired) electrons. The molecule has 2 rings (SSSR count). The lowest BCUT2D eigenvalue weighted by Gasteiger charge is -1.89. The van der Waals surface area contributed by atoms with Crippen LogP contribution in [0.15, 0.2) is 48.8 Å². The first kappa shape index (κ1) is 19.2. The Morgan fingerprint density at radius 1 is 0.905 bits per heavy atom. The zero-order valence-corrected chi connectivity index (χ0v) is 12.7. The summed E-state index contributed by atoms with van der Waals surface area (Å²) in [6.07, 6.45) is 5.51. The van der Waals surface area contributed by atoms with Gasteiger partial charge >= 0.3 is 0 Å². The van der Waals surface area contributed by atoms with Crippen LogP contribution in [0.4, 0.5) is 0 Å². The number of rotatable bonds is 4. The molecule has 0 bridgehead atoms. The number of hydrogen-bond acceptors (Lipinski definition) is 5. The molecule has 5 N–H and O–H groups in total. The van der Waals surface area contributed by atoms with Crippen LogP contribution >= 0.6 is 0 Å². The van der Waals surface area contributed by atoms with Gasteiger partial charge in [0, 0.05) is 32.1 Å². The average Bonchev–Trinajstić information content (AvgIpc) is 2.58. The highest BCUT2D eigenvalue weighted by molar-refractivity contribution is 5.02. The Kier molecular flexibility index (Phi) is 13.3. The summed E-state index contributed by atoms with van der Waals surface area (Å²) >= 11 is 0. The summed E-state index contributed by atoms with van der Waals surface area (Å²) in [5.41, 5.74) is 12.4. The van der Waals surface area contributed by atoms with Gasteiger partial charge in [-0.05, 0) is 30.7 Å². The van der Waals surface area contributed by atoms with Crippen molar-refractivity contribution in [3.05, 3.63) is 60.2 Å². The fourth-order valence-electron chi connectivity index (χ4n) is 1.20. The Bertz CT molecular complexity index is 381. The van der Waals surface area contributed by atoms with Crippen molar-refractivity contribution in [1.29, 1.82) is 0 Å². The highest BCUT2D eigenvalue weighted by atomic mass is 16.2. The third-order valence-electron chi connectivity index (χ3n) is 2.38. The van der Waals surface area contributed by atoms with Gasteiger partial charge in [0.2, 0.25) is 0 Å². The van der Waals surface area contributed by atoms with Gasteiger partial charge in [-0.1, -0.05) is 25.5 Å². The van der Waals surface area contributed by atoms with Crippen molar-refractivity contribution in [2.24, 2.45) is 11.5 Å². The van der Waals surface area contributed by atoms with E-state index in [-0.39, 0.29) is 0 Å². The Morgan fingerprint density at radius 3 is 1.52 bits per heavy atom. The first-order valence-corrected chi connectivity index (χ1v) is 7.09.